The van der Waals surface area contributed by atoms with Crippen LogP contribution in [-0.2, 0) is 9.53 Å². The van der Waals surface area contributed by atoms with Crippen molar-refractivity contribution in [2.24, 2.45) is 0 Å². The number of methoxy groups -OCH3 is 1. The Balaban J connectivity index is 2.69. The number of hydrogen-bond acceptors (Lipinski definition) is 4. The summed E-state index contributed by atoms with van der Waals surface area (Å²) >= 11 is 0. The van der Waals surface area contributed by atoms with E-state index in [4.69, 9.17) is 0 Å². The minimum Gasteiger partial charge on any atom is -0.467 e. The maximum Gasteiger partial charge on any atom is 0.339 e. The highest BCUT2D eigenvalue weighted by Gasteiger charge is 2.31. The largest absolute Gasteiger partial charge is 0.467 e. The first-order valence-electron chi connectivity index (χ1n) is 6.01. The van der Waals surface area contributed by atoms with Gasteiger partial charge >= 0.3 is 5.97 Å². The number of carbonyl (C=O) groups is 1. The summed E-state index contributed by atoms with van der Waals surface area (Å²) in [4.78, 5) is 11.3. The van der Waals surface area contributed by atoms with Gasteiger partial charge in [-0.15, -0.1) is 0 Å². The second kappa shape index (κ2) is 5.87. The van der Waals surface area contributed by atoms with Gasteiger partial charge in [-0.1, -0.05) is 26.0 Å². The number of anilines is 1. The first-order chi connectivity index (χ1) is 8.36. The molecule has 4 heteroatoms. The van der Waals surface area contributed by atoms with Crippen molar-refractivity contribution in [2.45, 2.75) is 32.3 Å². The number of benzene rings is 1. The van der Waals surface area contributed by atoms with Crippen LogP contribution in [0.3, 0.4) is 0 Å². The summed E-state index contributed by atoms with van der Waals surface area (Å²) in [5.41, 5.74) is 0.561. The van der Waals surface area contributed by atoms with E-state index in [1.807, 2.05) is 24.3 Å². The average molecular weight is 251 g/mol. The van der Waals surface area contributed by atoms with Crippen LogP contribution < -0.4 is 5.32 Å². The van der Waals surface area contributed by atoms with Gasteiger partial charge in [-0.05, 0) is 30.5 Å². The van der Waals surface area contributed by atoms with Crippen LogP contribution in [0.15, 0.2) is 24.3 Å². The Morgan fingerprint density at radius 3 is 2.72 bits per heavy atom. The van der Waals surface area contributed by atoms with Gasteiger partial charge in [0.05, 0.1) is 13.7 Å². The van der Waals surface area contributed by atoms with E-state index in [-0.39, 0.29) is 6.54 Å². The van der Waals surface area contributed by atoms with Gasteiger partial charge in [0.25, 0.3) is 0 Å². The zero-order valence-corrected chi connectivity index (χ0v) is 11.4. The third-order valence-electron chi connectivity index (χ3n) is 2.82. The molecular formula is C14H21NO3. The van der Waals surface area contributed by atoms with Gasteiger partial charge in [0.15, 0.2) is 5.60 Å². The Morgan fingerprint density at radius 2 is 2.17 bits per heavy atom. The third kappa shape index (κ3) is 3.74. The van der Waals surface area contributed by atoms with Crippen LogP contribution in [0.5, 0.6) is 0 Å². The summed E-state index contributed by atoms with van der Waals surface area (Å²) in [6.45, 7) is 5.77. The Labute approximate surface area is 108 Å². The summed E-state index contributed by atoms with van der Waals surface area (Å²) < 4.78 is 4.54. The molecule has 1 aromatic rings. The topological polar surface area (TPSA) is 58.6 Å². The first-order valence-corrected chi connectivity index (χ1v) is 6.01. The molecule has 1 aromatic carbocycles. The van der Waals surface area contributed by atoms with Crippen LogP contribution in [-0.4, -0.2) is 30.3 Å². The van der Waals surface area contributed by atoms with Crippen molar-refractivity contribution in [2.75, 3.05) is 19.0 Å². The number of aliphatic hydroxyl groups is 1. The zero-order chi connectivity index (χ0) is 13.8. The molecule has 0 fully saturated rings. The Kier molecular flexibility index (Phi) is 4.73. The maximum absolute atomic E-state index is 11.3. The molecule has 100 valence electrons. The van der Waals surface area contributed by atoms with E-state index in [1.54, 1.807) is 0 Å². The van der Waals surface area contributed by atoms with Gasteiger partial charge in [-0.25, -0.2) is 4.79 Å². The minimum absolute atomic E-state index is 0.112. The standard InChI is InChI=1S/C14H21NO3/c1-10(2)11-6-5-7-12(8-11)15-9-14(3,17)13(16)18-4/h5-8,10,15,17H,9H2,1-4H3. The van der Waals surface area contributed by atoms with Crippen molar-refractivity contribution in [3.63, 3.8) is 0 Å². The summed E-state index contributed by atoms with van der Waals surface area (Å²) in [7, 11) is 1.26. The molecule has 0 radical (unpaired) electrons. The van der Waals surface area contributed by atoms with E-state index in [0.717, 1.165) is 5.69 Å². The number of ether oxygens (including phenoxy) is 1. The molecule has 0 aliphatic carbocycles. The predicted molar refractivity (Wildman–Crippen MR) is 71.7 cm³/mol. The maximum atomic E-state index is 11.3. The lowest BCUT2D eigenvalue weighted by atomic mass is 10.0. The molecule has 0 saturated heterocycles. The molecule has 0 amide bonds. The predicted octanol–water partition coefficient (Wildman–Crippen LogP) is 2.15. The Morgan fingerprint density at radius 1 is 1.50 bits per heavy atom. The highest BCUT2D eigenvalue weighted by molar-refractivity contribution is 5.79. The fraction of sp³-hybridized carbons (Fsp3) is 0.500. The smallest absolute Gasteiger partial charge is 0.339 e. The lowest BCUT2D eigenvalue weighted by Crippen LogP contribution is -2.42. The SMILES string of the molecule is COC(=O)C(C)(O)CNc1cccc(C(C)C)c1. The molecule has 18 heavy (non-hydrogen) atoms. The van der Waals surface area contributed by atoms with Gasteiger partial charge in [0, 0.05) is 5.69 Å². The minimum atomic E-state index is -1.53. The fourth-order valence-corrected chi connectivity index (χ4v) is 1.57. The summed E-state index contributed by atoms with van der Waals surface area (Å²) in [5.74, 6) is -0.206. The molecule has 1 unspecified atom stereocenters. The molecule has 0 aliphatic heterocycles. The van der Waals surface area contributed by atoms with Crippen LogP contribution in [0, 0.1) is 0 Å². The second-order valence-corrected chi connectivity index (χ2v) is 4.90. The van der Waals surface area contributed by atoms with Gasteiger partial charge in [0.2, 0.25) is 0 Å². The van der Waals surface area contributed by atoms with Crippen molar-refractivity contribution in [1.29, 1.82) is 0 Å². The Bertz CT molecular complexity index is 413. The van der Waals surface area contributed by atoms with E-state index < -0.39 is 11.6 Å². The Hall–Kier alpha value is -1.55. The van der Waals surface area contributed by atoms with Crippen LogP contribution in [0.4, 0.5) is 5.69 Å². The van der Waals surface area contributed by atoms with Crippen molar-refractivity contribution < 1.29 is 14.6 Å². The highest BCUT2D eigenvalue weighted by atomic mass is 16.5. The molecule has 0 aliphatic rings. The number of nitrogens with one attached hydrogen (secondary N) is 1. The number of rotatable bonds is 5. The molecule has 0 heterocycles. The average Bonchev–Trinajstić information content (AvgIpc) is 2.35. The molecule has 1 atom stereocenters. The molecule has 2 N–H and O–H groups in total. The van der Waals surface area contributed by atoms with E-state index in [1.165, 1.54) is 19.6 Å². The number of hydrogen-bond donors (Lipinski definition) is 2. The third-order valence-corrected chi connectivity index (χ3v) is 2.82. The highest BCUT2D eigenvalue weighted by Crippen LogP contribution is 2.19. The number of carbonyl (C=O) groups excluding carboxylic acids is 1. The van der Waals surface area contributed by atoms with Crippen LogP contribution in [0.1, 0.15) is 32.3 Å². The van der Waals surface area contributed by atoms with E-state index >= 15 is 0 Å². The van der Waals surface area contributed by atoms with E-state index in [0.29, 0.717) is 5.92 Å². The van der Waals surface area contributed by atoms with Gasteiger partial charge < -0.3 is 15.2 Å². The van der Waals surface area contributed by atoms with Crippen molar-refractivity contribution in [1.82, 2.24) is 0 Å². The first kappa shape index (κ1) is 14.5. The van der Waals surface area contributed by atoms with Gasteiger partial charge in [-0.3, -0.25) is 0 Å². The van der Waals surface area contributed by atoms with Crippen LogP contribution >= 0.6 is 0 Å². The lowest BCUT2D eigenvalue weighted by molar-refractivity contribution is -0.158. The number of esters is 1. The molecule has 4 nitrogen and oxygen atoms in total. The van der Waals surface area contributed by atoms with E-state index in [9.17, 15) is 9.90 Å². The summed E-state index contributed by atoms with van der Waals surface area (Å²) in [6, 6.07) is 7.91. The second-order valence-electron chi connectivity index (χ2n) is 4.90. The normalized spacial score (nSPS) is 14.1. The van der Waals surface area contributed by atoms with Crippen LogP contribution in [0.2, 0.25) is 0 Å². The van der Waals surface area contributed by atoms with Gasteiger partial charge in [0.1, 0.15) is 0 Å². The lowest BCUT2D eigenvalue weighted by Gasteiger charge is -2.21. The quantitative estimate of drug-likeness (QED) is 0.787. The zero-order valence-electron chi connectivity index (χ0n) is 11.4. The molecule has 0 aromatic heterocycles. The van der Waals surface area contributed by atoms with Crippen LogP contribution in [0.25, 0.3) is 0 Å². The molecule has 0 spiro atoms. The van der Waals surface area contributed by atoms with Crippen molar-refractivity contribution >= 4 is 11.7 Å². The van der Waals surface area contributed by atoms with Crippen molar-refractivity contribution in [3.05, 3.63) is 29.8 Å². The van der Waals surface area contributed by atoms with E-state index in [2.05, 4.69) is 23.9 Å². The van der Waals surface area contributed by atoms with Gasteiger partial charge in [-0.2, -0.15) is 0 Å². The molecule has 0 saturated carbocycles. The fourth-order valence-electron chi connectivity index (χ4n) is 1.57. The molecular weight excluding hydrogens is 230 g/mol. The monoisotopic (exact) mass is 251 g/mol. The summed E-state index contributed by atoms with van der Waals surface area (Å²) in [6.07, 6.45) is 0. The molecule has 1 rings (SSSR count). The van der Waals surface area contributed by atoms with Crippen molar-refractivity contribution in [3.8, 4) is 0 Å². The molecule has 0 bridgehead atoms. The summed E-state index contributed by atoms with van der Waals surface area (Å²) in [5, 5.41) is 12.9.